The maximum atomic E-state index is 13.0. The third-order valence-corrected chi connectivity index (χ3v) is 15.4. The number of amides is 1. The molecule has 0 aromatic rings. The first-order valence-electron chi connectivity index (χ1n) is 32.2. The molecule has 3 atom stereocenters. The van der Waals surface area contributed by atoms with Crippen LogP contribution >= 0.6 is 7.82 Å². The molecule has 0 aromatic carbocycles. The third-order valence-electron chi connectivity index (χ3n) is 14.4. The van der Waals surface area contributed by atoms with E-state index in [1.54, 1.807) is 6.08 Å². The summed E-state index contributed by atoms with van der Waals surface area (Å²) < 4.78 is 23.7. The third kappa shape index (κ3) is 59.7. The molecule has 0 heterocycles. The number of likely N-dealkylation sites (N-methyl/N-ethyl adjacent to an activating group) is 1. The van der Waals surface area contributed by atoms with Gasteiger partial charge in [-0.2, -0.15) is 0 Å². The van der Waals surface area contributed by atoms with E-state index in [-0.39, 0.29) is 19.1 Å². The minimum atomic E-state index is -4.36. The van der Waals surface area contributed by atoms with E-state index in [1.807, 2.05) is 27.2 Å². The molecular formula is C66H126N2O6P+. The highest BCUT2D eigenvalue weighted by Gasteiger charge is 2.27. The van der Waals surface area contributed by atoms with E-state index >= 15 is 0 Å². The fraction of sp³-hybridized carbons (Fsp3) is 0.833. The molecule has 1 amide bonds. The number of unbranched alkanes of at least 4 members (excludes halogenated alkanes) is 38. The van der Waals surface area contributed by atoms with Crippen LogP contribution < -0.4 is 5.32 Å². The van der Waals surface area contributed by atoms with E-state index in [0.29, 0.717) is 17.4 Å². The Kier molecular flexibility index (Phi) is 55.5. The van der Waals surface area contributed by atoms with E-state index in [9.17, 15) is 19.4 Å². The number of quaternary nitrogens is 1. The lowest BCUT2D eigenvalue weighted by atomic mass is 10.0. The van der Waals surface area contributed by atoms with Crippen LogP contribution in [0, 0.1) is 0 Å². The SMILES string of the molecule is CCCCCCCCCCC/C=C\C/C=C\CCCCCCCCCCCCCCCC(=O)NC(COP(=O)(O)OCC[N+](C)(C)C)C(O)/C=C/CC/C=C/CC/C=C/CCCCCCCCCCCCCCCC. The fourth-order valence-electron chi connectivity index (χ4n) is 9.40. The molecular weight excluding hydrogens is 948 g/mol. The van der Waals surface area contributed by atoms with Crippen molar-refractivity contribution in [2.75, 3.05) is 40.9 Å². The van der Waals surface area contributed by atoms with Gasteiger partial charge in [0.2, 0.25) is 5.91 Å². The molecule has 0 radical (unpaired) electrons. The number of phosphoric acid groups is 1. The van der Waals surface area contributed by atoms with Crippen LogP contribution in [0.1, 0.15) is 303 Å². The second-order valence-corrected chi connectivity index (χ2v) is 24.6. The van der Waals surface area contributed by atoms with Crippen LogP contribution in [0.4, 0.5) is 0 Å². The molecule has 8 nitrogen and oxygen atoms in total. The molecule has 3 unspecified atom stereocenters. The summed E-state index contributed by atoms with van der Waals surface area (Å²) in [5, 5.41) is 13.9. The first kappa shape index (κ1) is 73.2. The lowest BCUT2D eigenvalue weighted by Gasteiger charge is -2.25. The van der Waals surface area contributed by atoms with Gasteiger partial charge in [-0.05, 0) is 77.0 Å². The number of hydrogen-bond donors (Lipinski definition) is 3. The first-order valence-corrected chi connectivity index (χ1v) is 33.7. The fourth-order valence-corrected chi connectivity index (χ4v) is 10.1. The Morgan fingerprint density at radius 2 is 0.773 bits per heavy atom. The summed E-state index contributed by atoms with van der Waals surface area (Å²) in [5.74, 6) is -0.190. The second kappa shape index (κ2) is 56.9. The molecule has 9 heteroatoms. The van der Waals surface area contributed by atoms with Crippen molar-refractivity contribution in [3.8, 4) is 0 Å². The van der Waals surface area contributed by atoms with Crippen LogP contribution in [-0.4, -0.2) is 73.4 Å². The van der Waals surface area contributed by atoms with Crippen molar-refractivity contribution in [1.29, 1.82) is 0 Å². The molecule has 0 saturated heterocycles. The highest BCUT2D eigenvalue weighted by molar-refractivity contribution is 7.47. The van der Waals surface area contributed by atoms with Gasteiger partial charge in [0.15, 0.2) is 0 Å². The van der Waals surface area contributed by atoms with Gasteiger partial charge in [-0.25, -0.2) is 4.57 Å². The Hall–Kier alpha value is -1.80. The van der Waals surface area contributed by atoms with E-state index < -0.39 is 20.0 Å². The van der Waals surface area contributed by atoms with Gasteiger partial charge in [0, 0.05) is 6.42 Å². The number of carbonyl (C=O) groups excluding carboxylic acids is 1. The van der Waals surface area contributed by atoms with Crippen molar-refractivity contribution in [1.82, 2.24) is 5.32 Å². The van der Waals surface area contributed by atoms with E-state index in [4.69, 9.17) is 9.05 Å². The van der Waals surface area contributed by atoms with Crippen LogP contribution in [0.5, 0.6) is 0 Å². The van der Waals surface area contributed by atoms with Crippen molar-refractivity contribution < 1.29 is 32.9 Å². The number of aliphatic hydroxyl groups excluding tert-OH is 1. The lowest BCUT2D eigenvalue weighted by Crippen LogP contribution is -2.45. The molecule has 0 aromatic heterocycles. The number of carbonyl (C=O) groups is 1. The number of hydrogen-bond acceptors (Lipinski definition) is 5. The summed E-state index contributed by atoms with van der Waals surface area (Å²) in [5.41, 5.74) is 0. The molecule has 0 aliphatic carbocycles. The van der Waals surface area contributed by atoms with Crippen molar-refractivity contribution in [2.45, 2.75) is 315 Å². The summed E-state index contributed by atoms with van der Waals surface area (Å²) in [6.45, 7) is 4.82. The summed E-state index contributed by atoms with van der Waals surface area (Å²) in [4.78, 5) is 23.4. The number of nitrogens with zero attached hydrogens (tertiary/aromatic N) is 1. The number of nitrogens with one attached hydrogen (secondary N) is 1. The van der Waals surface area contributed by atoms with Crippen LogP contribution in [0.2, 0.25) is 0 Å². The van der Waals surface area contributed by atoms with Crippen molar-refractivity contribution in [3.05, 3.63) is 60.8 Å². The summed E-state index contributed by atoms with van der Waals surface area (Å²) in [6.07, 6.45) is 77.8. The van der Waals surface area contributed by atoms with E-state index in [0.717, 1.165) is 51.4 Å². The van der Waals surface area contributed by atoms with Gasteiger partial charge in [-0.1, -0.05) is 280 Å². The monoisotopic (exact) mass is 1070 g/mol. The maximum Gasteiger partial charge on any atom is 0.472 e. The van der Waals surface area contributed by atoms with Crippen LogP contribution in [0.15, 0.2) is 60.8 Å². The molecule has 0 aliphatic heterocycles. The Balaban J connectivity index is 4.19. The van der Waals surface area contributed by atoms with Gasteiger partial charge in [0.1, 0.15) is 13.2 Å². The zero-order valence-corrected chi connectivity index (χ0v) is 51.2. The molecule has 3 N–H and O–H groups in total. The summed E-state index contributed by atoms with van der Waals surface area (Å²) >= 11 is 0. The normalized spacial score (nSPS) is 14.2. The molecule has 0 spiro atoms. The lowest BCUT2D eigenvalue weighted by molar-refractivity contribution is -0.870. The van der Waals surface area contributed by atoms with Crippen LogP contribution in [-0.2, 0) is 18.4 Å². The summed E-state index contributed by atoms with van der Waals surface area (Å²) in [6, 6.07) is -0.873. The molecule has 0 saturated carbocycles. The van der Waals surface area contributed by atoms with Gasteiger partial charge in [0.25, 0.3) is 0 Å². The number of rotatable bonds is 59. The first-order chi connectivity index (χ1) is 36.5. The highest BCUT2D eigenvalue weighted by atomic mass is 31.2. The Morgan fingerprint density at radius 3 is 1.15 bits per heavy atom. The van der Waals surface area contributed by atoms with E-state index in [1.165, 1.54) is 231 Å². The Morgan fingerprint density at radius 1 is 0.453 bits per heavy atom. The van der Waals surface area contributed by atoms with Gasteiger partial charge in [-0.15, -0.1) is 0 Å². The van der Waals surface area contributed by atoms with E-state index in [2.05, 4.69) is 67.8 Å². The average Bonchev–Trinajstić information content (AvgIpc) is 3.37. The van der Waals surface area contributed by atoms with Gasteiger partial charge in [0.05, 0.1) is 39.9 Å². The predicted octanol–water partition coefficient (Wildman–Crippen LogP) is 20.0. The largest absolute Gasteiger partial charge is 0.472 e. The predicted molar refractivity (Wildman–Crippen MR) is 327 cm³/mol. The zero-order chi connectivity index (χ0) is 54.9. The van der Waals surface area contributed by atoms with Gasteiger partial charge < -0.3 is 19.8 Å². The molecule has 0 rings (SSSR count). The van der Waals surface area contributed by atoms with Crippen molar-refractivity contribution in [3.63, 3.8) is 0 Å². The molecule has 0 fully saturated rings. The van der Waals surface area contributed by atoms with Gasteiger partial charge in [-0.3, -0.25) is 13.8 Å². The minimum Gasteiger partial charge on any atom is -0.387 e. The number of allylic oxidation sites excluding steroid dienone is 9. The maximum absolute atomic E-state index is 13.0. The second-order valence-electron chi connectivity index (χ2n) is 23.1. The Labute approximate surface area is 466 Å². The zero-order valence-electron chi connectivity index (χ0n) is 50.3. The average molecular weight is 1070 g/mol. The van der Waals surface area contributed by atoms with Crippen LogP contribution in [0.3, 0.4) is 0 Å². The number of aliphatic hydroxyl groups is 1. The van der Waals surface area contributed by atoms with Crippen LogP contribution in [0.25, 0.3) is 0 Å². The molecule has 0 bridgehead atoms. The Bertz CT molecular complexity index is 1400. The number of phosphoric ester groups is 1. The molecule has 0 aliphatic rings. The van der Waals surface area contributed by atoms with Gasteiger partial charge >= 0.3 is 7.82 Å². The molecule has 75 heavy (non-hydrogen) atoms. The molecule has 440 valence electrons. The summed E-state index contributed by atoms with van der Waals surface area (Å²) in [7, 11) is 1.55. The van der Waals surface area contributed by atoms with Crippen molar-refractivity contribution in [2.24, 2.45) is 0 Å². The highest BCUT2D eigenvalue weighted by Crippen LogP contribution is 2.43. The smallest absolute Gasteiger partial charge is 0.387 e. The quantitative estimate of drug-likeness (QED) is 0.0243. The van der Waals surface area contributed by atoms with Crippen molar-refractivity contribution >= 4 is 13.7 Å². The minimum absolute atomic E-state index is 0.0523. The topological polar surface area (TPSA) is 105 Å². The standard InChI is InChI=1S/C66H125N2O6P/c1-6-8-10-12-14-16-18-20-22-24-26-28-30-32-33-34-35-36-38-40-42-44-46-48-50-52-54-56-58-60-66(70)67-64(63-74-75(71,72)73-62-61-68(3,4)5)65(69)59-57-55-53-51-49-47-45-43-41-39-37-31-29-27-25-23-21-19-17-15-13-11-9-7-2/h26,28,32-33,41,43,49,51,57,59,64-65,69H,6-25,27,29-31,34-40,42,44-48,50,52-56,58,60-63H2,1-5H3,(H-,67,70,71,72)/p+1/b28-26-,33-32-,43-41+,51-49+,59-57+.